The minimum atomic E-state index is -0.660. The first-order chi connectivity index (χ1) is 10.5. The average Bonchev–Trinajstić information content (AvgIpc) is 2.56. The Hall–Kier alpha value is -2.24. The van der Waals surface area contributed by atoms with Crippen LogP contribution in [0, 0.1) is 5.92 Å². The van der Waals surface area contributed by atoms with E-state index in [2.05, 4.69) is 10.6 Å². The number of carbonyl (C=O) groups excluding carboxylic acids is 2. The van der Waals surface area contributed by atoms with Crippen molar-refractivity contribution in [3.8, 4) is 5.75 Å². The zero-order valence-electron chi connectivity index (χ0n) is 13.5. The fraction of sp³-hybridized carbons (Fsp3) is 0.500. The van der Waals surface area contributed by atoms with Gasteiger partial charge in [0.2, 0.25) is 0 Å². The van der Waals surface area contributed by atoms with Crippen LogP contribution in [0.1, 0.15) is 25.8 Å². The van der Waals surface area contributed by atoms with Crippen molar-refractivity contribution in [1.29, 1.82) is 0 Å². The van der Waals surface area contributed by atoms with Crippen LogP contribution in [0.5, 0.6) is 5.75 Å². The molecule has 0 fully saturated rings. The lowest BCUT2D eigenvalue weighted by molar-refractivity contribution is -0.144. The summed E-state index contributed by atoms with van der Waals surface area (Å²) in [6.45, 7) is 4.15. The fourth-order valence-electron chi connectivity index (χ4n) is 2.01. The van der Waals surface area contributed by atoms with E-state index in [1.807, 2.05) is 38.1 Å². The van der Waals surface area contributed by atoms with Crippen molar-refractivity contribution in [1.82, 2.24) is 10.6 Å². The molecule has 0 saturated carbocycles. The van der Waals surface area contributed by atoms with Crippen molar-refractivity contribution in [2.75, 3.05) is 14.2 Å². The van der Waals surface area contributed by atoms with Crippen LogP contribution in [-0.4, -0.2) is 32.3 Å². The number of carbonyl (C=O) groups is 2. The molecular weight excluding hydrogens is 284 g/mol. The number of para-hydroxylation sites is 1. The molecule has 0 aliphatic heterocycles. The summed E-state index contributed by atoms with van der Waals surface area (Å²) in [4.78, 5) is 23.7. The molecule has 0 radical (unpaired) electrons. The standard InChI is InChI=1S/C16H24N2O4/c1-5-11(2)14(15(19)22-4)18-16(20)17-10-12-8-6-7-9-13(12)21-3/h6-9,11,14H,5,10H2,1-4H3,(H2,17,18,20)/t11?,14-/m0/s1. The van der Waals surface area contributed by atoms with Gasteiger partial charge in [-0.25, -0.2) is 9.59 Å². The molecule has 0 heterocycles. The summed E-state index contributed by atoms with van der Waals surface area (Å²) in [5.74, 6) is 0.250. The first-order valence-electron chi connectivity index (χ1n) is 7.27. The Labute approximate surface area is 131 Å². The summed E-state index contributed by atoms with van der Waals surface area (Å²) >= 11 is 0. The first kappa shape index (κ1) is 17.8. The largest absolute Gasteiger partial charge is 0.496 e. The summed E-state index contributed by atoms with van der Waals surface area (Å²) in [6, 6.07) is 6.35. The Morgan fingerprint density at radius 2 is 1.91 bits per heavy atom. The van der Waals surface area contributed by atoms with Gasteiger partial charge in [0, 0.05) is 12.1 Å². The van der Waals surface area contributed by atoms with Crippen LogP contribution >= 0.6 is 0 Å². The van der Waals surface area contributed by atoms with Crippen molar-refractivity contribution in [2.24, 2.45) is 5.92 Å². The summed E-state index contributed by atoms with van der Waals surface area (Å²) < 4.78 is 9.96. The van der Waals surface area contributed by atoms with Crippen LogP contribution in [0.25, 0.3) is 0 Å². The van der Waals surface area contributed by atoms with Crippen LogP contribution in [0.3, 0.4) is 0 Å². The van der Waals surface area contributed by atoms with Crippen LogP contribution in [0.2, 0.25) is 0 Å². The number of esters is 1. The van der Waals surface area contributed by atoms with Crippen LogP contribution < -0.4 is 15.4 Å². The number of amides is 2. The Bertz CT molecular complexity index is 505. The molecule has 6 heteroatoms. The zero-order chi connectivity index (χ0) is 16.5. The summed E-state index contributed by atoms with van der Waals surface area (Å²) in [6.07, 6.45) is 0.757. The number of hydrogen-bond acceptors (Lipinski definition) is 4. The van der Waals surface area contributed by atoms with Gasteiger partial charge in [0.15, 0.2) is 0 Å². The first-order valence-corrected chi connectivity index (χ1v) is 7.27. The molecule has 2 atom stereocenters. The number of urea groups is 1. The second-order valence-corrected chi connectivity index (χ2v) is 5.03. The van der Waals surface area contributed by atoms with Gasteiger partial charge in [0.1, 0.15) is 11.8 Å². The normalized spacial score (nSPS) is 12.9. The summed E-state index contributed by atoms with van der Waals surface area (Å²) in [5.41, 5.74) is 0.860. The molecule has 0 spiro atoms. The third-order valence-corrected chi connectivity index (χ3v) is 3.59. The van der Waals surface area contributed by atoms with Gasteiger partial charge in [-0.05, 0) is 12.0 Å². The maximum atomic E-state index is 12.0. The average molecular weight is 308 g/mol. The Balaban J connectivity index is 2.62. The molecular formula is C16H24N2O4. The van der Waals surface area contributed by atoms with E-state index in [0.29, 0.717) is 12.3 Å². The molecule has 0 saturated heterocycles. The Morgan fingerprint density at radius 1 is 1.23 bits per heavy atom. The monoisotopic (exact) mass is 308 g/mol. The predicted octanol–water partition coefficient (Wildman–Crippen LogP) is 2.08. The molecule has 1 aromatic rings. The number of hydrogen-bond donors (Lipinski definition) is 2. The highest BCUT2D eigenvalue weighted by atomic mass is 16.5. The topological polar surface area (TPSA) is 76.7 Å². The molecule has 1 rings (SSSR count). The summed E-state index contributed by atoms with van der Waals surface area (Å²) in [7, 11) is 2.89. The minimum absolute atomic E-state index is 0.00976. The molecule has 2 N–H and O–H groups in total. The van der Waals surface area contributed by atoms with Crippen molar-refractivity contribution >= 4 is 12.0 Å². The Kier molecular flexibility index (Phi) is 7.22. The van der Waals surface area contributed by atoms with Crippen molar-refractivity contribution in [3.05, 3.63) is 29.8 Å². The Morgan fingerprint density at radius 3 is 2.50 bits per heavy atom. The van der Waals surface area contributed by atoms with Gasteiger partial charge in [-0.15, -0.1) is 0 Å². The third kappa shape index (κ3) is 4.95. The van der Waals surface area contributed by atoms with Crippen LogP contribution in [0.15, 0.2) is 24.3 Å². The van der Waals surface area contributed by atoms with Crippen molar-refractivity contribution < 1.29 is 19.1 Å². The van der Waals surface area contributed by atoms with Gasteiger partial charge in [-0.2, -0.15) is 0 Å². The summed E-state index contributed by atoms with van der Waals surface area (Å²) in [5, 5.41) is 5.38. The maximum absolute atomic E-state index is 12.0. The molecule has 1 unspecified atom stereocenters. The van der Waals surface area contributed by atoms with Gasteiger partial charge in [0.25, 0.3) is 0 Å². The zero-order valence-corrected chi connectivity index (χ0v) is 13.5. The van der Waals surface area contributed by atoms with E-state index in [9.17, 15) is 9.59 Å². The van der Waals surface area contributed by atoms with E-state index in [-0.39, 0.29) is 5.92 Å². The second-order valence-electron chi connectivity index (χ2n) is 5.03. The molecule has 6 nitrogen and oxygen atoms in total. The number of ether oxygens (including phenoxy) is 2. The third-order valence-electron chi connectivity index (χ3n) is 3.59. The van der Waals surface area contributed by atoms with E-state index in [4.69, 9.17) is 9.47 Å². The fourth-order valence-corrected chi connectivity index (χ4v) is 2.01. The van der Waals surface area contributed by atoms with Crippen molar-refractivity contribution in [2.45, 2.75) is 32.9 Å². The number of nitrogens with one attached hydrogen (secondary N) is 2. The van der Waals surface area contributed by atoms with E-state index >= 15 is 0 Å². The van der Waals surface area contributed by atoms with Gasteiger partial charge in [-0.3, -0.25) is 0 Å². The van der Waals surface area contributed by atoms with Crippen LogP contribution in [-0.2, 0) is 16.1 Å². The maximum Gasteiger partial charge on any atom is 0.328 e. The highest BCUT2D eigenvalue weighted by Gasteiger charge is 2.26. The molecule has 22 heavy (non-hydrogen) atoms. The van der Waals surface area contributed by atoms with E-state index in [1.165, 1.54) is 7.11 Å². The molecule has 0 bridgehead atoms. The lowest BCUT2D eigenvalue weighted by Gasteiger charge is -2.22. The second kappa shape index (κ2) is 8.92. The molecule has 1 aromatic carbocycles. The number of methoxy groups -OCH3 is 2. The predicted molar refractivity (Wildman–Crippen MR) is 83.6 cm³/mol. The smallest absolute Gasteiger partial charge is 0.328 e. The highest BCUT2D eigenvalue weighted by Crippen LogP contribution is 2.16. The highest BCUT2D eigenvalue weighted by molar-refractivity contribution is 5.83. The van der Waals surface area contributed by atoms with E-state index in [0.717, 1.165) is 12.0 Å². The lowest BCUT2D eigenvalue weighted by Crippen LogP contribution is -2.49. The van der Waals surface area contributed by atoms with E-state index in [1.54, 1.807) is 7.11 Å². The SMILES string of the molecule is CCC(C)[C@H](NC(=O)NCc1ccccc1OC)C(=O)OC. The molecule has 0 aliphatic carbocycles. The van der Waals surface area contributed by atoms with Crippen molar-refractivity contribution in [3.63, 3.8) is 0 Å². The van der Waals surface area contributed by atoms with E-state index < -0.39 is 18.0 Å². The van der Waals surface area contributed by atoms with Crippen LogP contribution in [0.4, 0.5) is 4.79 Å². The van der Waals surface area contributed by atoms with Gasteiger partial charge >= 0.3 is 12.0 Å². The number of benzene rings is 1. The van der Waals surface area contributed by atoms with Gasteiger partial charge < -0.3 is 20.1 Å². The molecule has 122 valence electrons. The minimum Gasteiger partial charge on any atom is -0.496 e. The lowest BCUT2D eigenvalue weighted by atomic mass is 9.99. The molecule has 0 aromatic heterocycles. The van der Waals surface area contributed by atoms with Gasteiger partial charge in [0.05, 0.1) is 14.2 Å². The quantitative estimate of drug-likeness (QED) is 0.756. The molecule has 2 amide bonds. The van der Waals surface area contributed by atoms with Gasteiger partial charge in [-0.1, -0.05) is 38.5 Å². The number of rotatable bonds is 7. The molecule has 0 aliphatic rings.